The number of hydrogen-bond donors (Lipinski definition) is 1. The molecule has 0 atom stereocenters. The van der Waals surface area contributed by atoms with E-state index in [9.17, 15) is 4.79 Å². The highest BCUT2D eigenvalue weighted by Crippen LogP contribution is 2.28. The molecule has 0 fully saturated rings. The molecule has 8 heteroatoms. The lowest BCUT2D eigenvalue weighted by Gasteiger charge is -2.13. The molecule has 1 N–H and O–H groups in total. The summed E-state index contributed by atoms with van der Waals surface area (Å²) in [6, 6.07) is 5.55. The highest BCUT2D eigenvalue weighted by atomic mass is 32.1. The van der Waals surface area contributed by atoms with Crippen molar-refractivity contribution in [3.8, 4) is 11.5 Å². The van der Waals surface area contributed by atoms with E-state index in [0.29, 0.717) is 33.8 Å². The first-order chi connectivity index (χ1) is 12.4. The van der Waals surface area contributed by atoms with E-state index in [1.807, 2.05) is 32.0 Å². The number of hydrogen-bond acceptors (Lipinski definition) is 8. The quantitative estimate of drug-likeness (QED) is 0.427. The molecule has 0 aliphatic rings. The molecular formula is C18H23N3O4S. The Labute approximate surface area is 157 Å². The maximum Gasteiger partial charge on any atom is 0.350 e. The van der Waals surface area contributed by atoms with Crippen LogP contribution in [0.1, 0.15) is 41.7 Å². The number of thiazole rings is 1. The first kappa shape index (κ1) is 19.7. The Bertz CT molecular complexity index is 787. The number of hydrazone groups is 1. The third-order valence-corrected chi connectivity index (χ3v) is 4.22. The van der Waals surface area contributed by atoms with Gasteiger partial charge in [0, 0.05) is 0 Å². The van der Waals surface area contributed by atoms with E-state index in [0.717, 1.165) is 5.56 Å². The number of aryl methyl sites for hydroxylation is 1. The first-order valence-corrected chi connectivity index (χ1v) is 9.04. The van der Waals surface area contributed by atoms with Crippen molar-refractivity contribution in [2.24, 2.45) is 5.10 Å². The molecule has 0 unspecified atom stereocenters. The maximum atomic E-state index is 11.8. The van der Waals surface area contributed by atoms with Crippen LogP contribution in [0.2, 0.25) is 0 Å². The Hall–Kier alpha value is -2.61. The second-order valence-corrected chi connectivity index (χ2v) is 6.60. The molecule has 2 aromatic rings. The van der Waals surface area contributed by atoms with E-state index in [-0.39, 0.29) is 12.1 Å². The van der Waals surface area contributed by atoms with E-state index < -0.39 is 0 Å². The van der Waals surface area contributed by atoms with Gasteiger partial charge in [0.1, 0.15) is 4.88 Å². The molecule has 0 bridgehead atoms. The van der Waals surface area contributed by atoms with Crippen LogP contribution in [0.5, 0.6) is 11.5 Å². The number of nitrogens with one attached hydrogen (secondary N) is 1. The van der Waals surface area contributed by atoms with Crippen LogP contribution in [-0.4, -0.2) is 37.0 Å². The standard InChI is InChI=1S/C18H23N3O4S/c1-6-24-17(22)16-12(4)20-18(26-16)21-19-10-13-7-8-14(25-11(2)3)15(9-13)23-5/h7-11H,6H2,1-5H3,(H,20,21)/b19-10+. The molecule has 7 nitrogen and oxygen atoms in total. The van der Waals surface area contributed by atoms with Crippen molar-refractivity contribution in [1.82, 2.24) is 4.98 Å². The molecule has 1 aromatic heterocycles. The summed E-state index contributed by atoms with van der Waals surface area (Å²) in [5.74, 6) is 0.949. The van der Waals surface area contributed by atoms with Crippen molar-refractivity contribution >= 4 is 28.7 Å². The van der Waals surface area contributed by atoms with E-state index in [2.05, 4.69) is 15.5 Å². The highest BCUT2D eigenvalue weighted by Gasteiger charge is 2.16. The Morgan fingerprint density at radius 2 is 2.15 bits per heavy atom. The van der Waals surface area contributed by atoms with Crippen LogP contribution in [0.3, 0.4) is 0 Å². The van der Waals surface area contributed by atoms with Crippen molar-refractivity contribution < 1.29 is 19.0 Å². The molecule has 26 heavy (non-hydrogen) atoms. The Morgan fingerprint density at radius 1 is 1.38 bits per heavy atom. The molecule has 1 heterocycles. The number of rotatable bonds is 8. The van der Waals surface area contributed by atoms with Crippen molar-refractivity contribution in [1.29, 1.82) is 0 Å². The van der Waals surface area contributed by atoms with Crippen molar-refractivity contribution in [2.75, 3.05) is 19.1 Å². The van der Waals surface area contributed by atoms with Crippen molar-refractivity contribution in [3.05, 3.63) is 34.3 Å². The topological polar surface area (TPSA) is 82.0 Å². The fourth-order valence-corrected chi connectivity index (χ4v) is 2.92. The lowest BCUT2D eigenvalue weighted by molar-refractivity contribution is 0.0531. The van der Waals surface area contributed by atoms with Gasteiger partial charge in [-0.1, -0.05) is 11.3 Å². The number of nitrogens with zero attached hydrogens (tertiary/aromatic N) is 2. The fourth-order valence-electron chi connectivity index (χ4n) is 2.11. The average Bonchev–Trinajstić information content (AvgIpc) is 2.96. The SMILES string of the molecule is CCOC(=O)c1sc(N/N=C/c2ccc(OC(C)C)c(OC)c2)nc1C. The summed E-state index contributed by atoms with van der Waals surface area (Å²) < 4.78 is 16.0. The van der Waals surface area contributed by atoms with Gasteiger partial charge in [-0.2, -0.15) is 5.10 Å². The summed E-state index contributed by atoms with van der Waals surface area (Å²) in [5.41, 5.74) is 4.28. The van der Waals surface area contributed by atoms with Gasteiger partial charge in [0.15, 0.2) is 11.5 Å². The van der Waals surface area contributed by atoms with Crippen molar-refractivity contribution in [3.63, 3.8) is 0 Å². The second-order valence-electron chi connectivity index (χ2n) is 5.60. The maximum absolute atomic E-state index is 11.8. The normalized spacial score (nSPS) is 11.0. The third-order valence-electron chi connectivity index (χ3n) is 3.18. The summed E-state index contributed by atoms with van der Waals surface area (Å²) in [7, 11) is 1.59. The largest absolute Gasteiger partial charge is 0.493 e. The van der Waals surface area contributed by atoms with Crippen LogP contribution in [0.15, 0.2) is 23.3 Å². The Morgan fingerprint density at radius 3 is 2.81 bits per heavy atom. The highest BCUT2D eigenvalue weighted by molar-refractivity contribution is 7.17. The third kappa shape index (κ3) is 5.19. The summed E-state index contributed by atoms with van der Waals surface area (Å²) in [4.78, 5) is 16.6. The second kappa shape index (κ2) is 9.19. The molecule has 2 rings (SSSR count). The Kier molecular flexibility index (Phi) is 6.97. The van der Waals surface area contributed by atoms with Crippen LogP contribution in [0.25, 0.3) is 0 Å². The number of aromatic nitrogens is 1. The minimum atomic E-state index is -0.370. The fraction of sp³-hybridized carbons (Fsp3) is 0.389. The number of anilines is 1. The smallest absolute Gasteiger partial charge is 0.350 e. The number of esters is 1. The van der Waals surface area contributed by atoms with Gasteiger partial charge in [-0.05, 0) is 51.5 Å². The predicted molar refractivity (Wildman–Crippen MR) is 103 cm³/mol. The molecule has 0 saturated carbocycles. The number of benzene rings is 1. The van der Waals surface area contributed by atoms with Gasteiger partial charge >= 0.3 is 5.97 Å². The molecule has 0 aliphatic carbocycles. The van der Waals surface area contributed by atoms with Gasteiger partial charge in [0.25, 0.3) is 0 Å². The summed E-state index contributed by atoms with van der Waals surface area (Å²) >= 11 is 1.20. The van der Waals surface area contributed by atoms with E-state index >= 15 is 0 Å². The summed E-state index contributed by atoms with van der Waals surface area (Å²) in [6.07, 6.45) is 1.70. The molecular weight excluding hydrogens is 354 g/mol. The number of carbonyl (C=O) groups is 1. The van der Waals surface area contributed by atoms with Crippen LogP contribution >= 0.6 is 11.3 Å². The molecule has 0 aliphatic heterocycles. The molecule has 140 valence electrons. The minimum Gasteiger partial charge on any atom is -0.493 e. The van der Waals surface area contributed by atoms with Gasteiger partial charge in [-0.3, -0.25) is 5.43 Å². The number of ether oxygens (including phenoxy) is 3. The van der Waals surface area contributed by atoms with Gasteiger partial charge in [-0.25, -0.2) is 9.78 Å². The van der Waals surface area contributed by atoms with Gasteiger partial charge < -0.3 is 14.2 Å². The zero-order valence-electron chi connectivity index (χ0n) is 15.5. The summed E-state index contributed by atoms with van der Waals surface area (Å²) in [5, 5.41) is 4.68. The predicted octanol–water partition coefficient (Wildman–Crippen LogP) is 3.87. The van der Waals surface area contributed by atoms with Gasteiger partial charge in [-0.15, -0.1) is 0 Å². The number of methoxy groups -OCH3 is 1. The first-order valence-electron chi connectivity index (χ1n) is 8.22. The lowest BCUT2D eigenvalue weighted by Crippen LogP contribution is -2.06. The molecule has 0 spiro atoms. The van der Waals surface area contributed by atoms with Crippen molar-refractivity contribution in [2.45, 2.75) is 33.8 Å². The molecule has 1 aromatic carbocycles. The number of carbonyl (C=O) groups excluding carboxylic acids is 1. The zero-order valence-corrected chi connectivity index (χ0v) is 16.3. The van der Waals surface area contributed by atoms with Gasteiger partial charge in [0.2, 0.25) is 5.13 Å². The van der Waals surface area contributed by atoms with Crippen LogP contribution < -0.4 is 14.9 Å². The molecule has 0 saturated heterocycles. The molecule has 0 radical (unpaired) electrons. The summed E-state index contributed by atoms with van der Waals surface area (Å²) in [6.45, 7) is 7.77. The zero-order chi connectivity index (χ0) is 19.1. The minimum absolute atomic E-state index is 0.0619. The van der Waals surface area contributed by atoms with E-state index in [1.165, 1.54) is 11.3 Å². The van der Waals surface area contributed by atoms with E-state index in [4.69, 9.17) is 14.2 Å². The van der Waals surface area contributed by atoms with Crippen LogP contribution in [-0.2, 0) is 4.74 Å². The van der Waals surface area contributed by atoms with Crippen LogP contribution in [0, 0.1) is 6.92 Å². The van der Waals surface area contributed by atoms with Gasteiger partial charge in [0.05, 0.1) is 31.7 Å². The Balaban J connectivity index is 2.06. The molecule has 0 amide bonds. The van der Waals surface area contributed by atoms with E-state index in [1.54, 1.807) is 27.2 Å². The lowest BCUT2D eigenvalue weighted by atomic mass is 10.2. The monoisotopic (exact) mass is 377 g/mol. The van der Waals surface area contributed by atoms with Crippen LogP contribution in [0.4, 0.5) is 5.13 Å². The average molecular weight is 377 g/mol.